The number of nitrogens with zero attached hydrogens (tertiary/aromatic N) is 1. The highest BCUT2D eigenvalue weighted by atomic mass is 35.5. The van der Waals surface area contributed by atoms with Gasteiger partial charge in [0.15, 0.2) is 4.32 Å². The number of hydrazine groups is 1. The van der Waals surface area contributed by atoms with Gasteiger partial charge in [-0.15, -0.1) is 0 Å². The summed E-state index contributed by atoms with van der Waals surface area (Å²) in [6.45, 7) is 0.301. The lowest BCUT2D eigenvalue weighted by atomic mass is 10.2. The van der Waals surface area contributed by atoms with E-state index < -0.39 is 5.91 Å². The minimum Gasteiger partial charge on any atom is -0.489 e. The van der Waals surface area contributed by atoms with Crippen molar-refractivity contribution in [1.29, 1.82) is 0 Å². The summed E-state index contributed by atoms with van der Waals surface area (Å²) in [5, 5.41) is 2.20. The van der Waals surface area contributed by atoms with Crippen LogP contribution in [0.4, 0.5) is 0 Å². The van der Waals surface area contributed by atoms with E-state index in [0.29, 0.717) is 32.9 Å². The molecule has 3 aromatic rings. The first-order valence-corrected chi connectivity index (χ1v) is 11.7. The molecule has 3 aromatic carbocycles. The molecule has 1 aliphatic heterocycles. The maximum absolute atomic E-state index is 12.8. The van der Waals surface area contributed by atoms with Gasteiger partial charge in [0.05, 0.1) is 4.91 Å². The molecule has 0 aromatic heterocycles. The van der Waals surface area contributed by atoms with Gasteiger partial charge < -0.3 is 4.74 Å². The number of amides is 2. The number of hydrogen-bond acceptors (Lipinski definition) is 5. The van der Waals surface area contributed by atoms with E-state index in [-0.39, 0.29) is 10.2 Å². The average Bonchev–Trinajstić information content (AvgIpc) is 3.07. The van der Waals surface area contributed by atoms with Gasteiger partial charge in [0.25, 0.3) is 11.8 Å². The fourth-order valence-electron chi connectivity index (χ4n) is 2.93. The first-order chi connectivity index (χ1) is 15.9. The Kier molecular flexibility index (Phi) is 7.35. The number of hydrogen-bond donors (Lipinski definition) is 1. The topological polar surface area (TPSA) is 58.6 Å². The van der Waals surface area contributed by atoms with Crippen LogP contribution in [-0.2, 0) is 11.4 Å². The van der Waals surface area contributed by atoms with Crippen molar-refractivity contribution >= 4 is 69.4 Å². The van der Waals surface area contributed by atoms with Crippen molar-refractivity contribution in [2.75, 3.05) is 0 Å². The molecule has 166 valence electrons. The van der Waals surface area contributed by atoms with Crippen LogP contribution in [0.15, 0.2) is 77.7 Å². The molecule has 5 nitrogen and oxygen atoms in total. The minimum absolute atomic E-state index is 0.260. The Bertz CT molecular complexity index is 1250. The molecule has 1 fully saturated rings. The average molecular weight is 515 g/mol. The molecule has 0 unspecified atom stereocenters. The molecule has 0 atom stereocenters. The third-order valence-corrected chi connectivity index (χ3v) is 6.52. The van der Waals surface area contributed by atoms with Crippen LogP contribution >= 0.6 is 47.2 Å². The van der Waals surface area contributed by atoms with Crippen molar-refractivity contribution in [3.05, 3.63) is 104 Å². The van der Waals surface area contributed by atoms with Crippen LogP contribution in [0.25, 0.3) is 6.08 Å². The minimum atomic E-state index is -0.407. The molecule has 1 aliphatic rings. The summed E-state index contributed by atoms with van der Waals surface area (Å²) in [4.78, 5) is 25.5. The number of ether oxygens (including phenoxy) is 1. The van der Waals surface area contributed by atoms with E-state index in [1.54, 1.807) is 54.6 Å². The highest BCUT2D eigenvalue weighted by molar-refractivity contribution is 8.26. The molecule has 33 heavy (non-hydrogen) atoms. The Labute approximate surface area is 210 Å². The van der Waals surface area contributed by atoms with Crippen LogP contribution in [0, 0.1) is 0 Å². The van der Waals surface area contributed by atoms with Crippen molar-refractivity contribution < 1.29 is 14.3 Å². The summed E-state index contributed by atoms with van der Waals surface area (Å²) >= 11 is 18.5. The largest absolute Gasteiger partial charge is 0.489 e. The zero-order valence-corrected chi connectivity index (χ0v) is 20.1. The van der Waals surface area contributed by atoms with Crippen LogP contribution in [0.1, 0.15) is 21.5 Å². The standard InChI is InChI=1S/C24H16Cl2N2O3S2/c25-18-9-8-17(20(26)13-18)14-31-19-10-6-15(7-11-19)12-21-23(30)28(24(32)33-21)27-22(29)16-4-2-1-3-5-16/h1-13H,14H2,(H,27,29)/b21-12-. The Morgan fingerprint density at radius 2 is 1.79 bits per heavy atom. The number of thioether (sulfide) groups is 1. The Balaban J connectivity index is 1.39. The lowest BCUT2D eigenvalue weighted by Crippen LogP contribution is -2.44. The van der Waals surface area contributed by atoms with E-state index in [0.717, 1.165) is 27.9 Å². The summed E-state index contributed by atoms with van der Waals surface area (Å²) in [7, 11) is 0. The molecule has 0 saturated carbocycles. The van der Waals surface area contributed by atoms with Crippen molar-refractivity contribution in [1.82, 2.24) is 10.4 Å². The summed E-state index contributed by atoms with van der Waals surface area (Å²) < 4.78 is 6.04. The molecule has 0 spiro atoms. The van der Waals surface area contributed by atoms with Crippen molar-refractivity contribution in [2.24, 2.45) is 0 Å². The number of halogens is 2. The summed E-state index contributed by atoms with van der Waals surface area (Å²) in [6, 6.07) is 21.1. The first-order valence-electron chi connectivity index (χ1n) is 9.71. The van der Waals surface area contributed by atoms with E-state index in [1.807, 2.05) is 24.3 Å². The van der Waals surface area contributed by atoms with Crippen LogP contribution in [0.3, 0.4) is 0 Å². The van der Waals surface area contributed by atoms with Crippen molar-refractivity contribution in [3.63, 3.8) is 0 Å². The van der Waals surface area contributed by atoms with Crippen LogP contribution < -0.4 is 10.2 Å². The smallest absolute Gasteiger partial charge is 0.285 e. The molecule has 0 radical (unpaired) electrons. The highest BCUT2D eigenvalue weighted by Gasteiger charge is 2.33. The molecular formula is C24H16Cl2N2O3S2. The van der Waals surface area contributed by atoms with Crippen LogP contribution in [-0.4, -0.2) is 21.1 Å². The summed E-state index contributed by atoms with van der Waals surface area (Å²) in [5.41, 5.74) is 4.62. The molecule has 0 bridgehead atoms. The monoisotopic (exact) mass is 514 g/mol. The van der Waals surface area contributed by atoms with Crippen molar-refractivity contribution in [3.8, 4) is 5.75 Å². The predicted molar refractivity (Wildman–Crippen MR) is 136 cm³/mol. The van der Waals surface area contributed by atoms with Gasteiger partial charge in [0.1, 0.15) is 12.4 Å². The van der Waals surface area contributed by atoms with E-state index in [4.69, 9.17) is 40.2 Å². The molecule has 9 heteroatoms. The number of benzene rings is 3. The van der Waals surface area contributed by atoms with E-state index >= 15 is 0 Å². The third kappa shape index (κ3) is 5.75. The van der Waals surface area contributed by atoms with Gasteiger partial charge in [-0.05, 0) is 60.3 Å². The predicted octanol–water partition coefficient (Wildman–Crippen LogP) is 6.12. The first kappa shape index (κ1) is 23.3. The normalized spacial score (nSPS) is 14.6. The van der Waals surface area contributed by atoms with E-state index in [9.17, 15) is 9.59 Å². The third-order valence-electron chi connectivity index (χ3n) is 4.63. The fraction of sp³-hybridized carbons (Fsp3) is 0.0417. The quantitative estimate of drug-likeness (QED) is 0.317. The van der Waals surface area contributed by atoms with Gasteiger partial charge in [-0.3, -0.25) is 15.0 Å². The second-order valence-electron chi connectivity index (χ2n) is 6.92. The van der Waals surface area contributed by atoms with Gasteiger partial charge in [0.2, 0.25) is 0 Å². The van der Waals surface area contributed by atoms with E-state index in [2.05, 4.69) is 5.43 Å². The number of rotatable bonds is 6. The van der Waals surface area contributed by atoms with E-state index in [1.165, 1.54) is 0 Å². The van der Waals surface area contributed by atoms with Gasteiger partial charge in [-0.2, -0.15) is 5.01 Å². The highest BCUT2D eigenvalue weighted by Crippen LogP contribution is 2.32. The molecule has 0 aliphatic carbocycles. The molecule has 1 heterocycles. The lowest BCUT2D eigenvalue weighted by molar-refractivity contribution is -0.123. The Hall–Kier alpha value is -2.84. The molecular weight excluding hydrogens is 499 g/mol. The SMILES string of the molecule is O=C(NN1C(=O)/C(=C/c2ccc(OCc3ccc(Cl)cc3Cl)cc2)SC1=S)c1ccccc1. The lowest BCUT2D eigenvalue weighted by Gasteiger charge is -2.15. The maximum atomic E-state index is 12.8. The fourth-order valence-corrected chi connectivity index (χ4v) is 4.57. The molecule has 4 rings (SSSR count). The number of carbonyl (C=O) groups is 2. The molecule has 1 N–H and O–H groups in total. The molecule has 2 amide bonds. The second-order valence-corrected chi connectivity index (χ2v) is 9.44. The van der Waals surface area contributed by atoms with Crippen LogP contribution in [0.5, 0.6) is 5.75 Å². The van der Waals surface area contributed by atoms with Gasteiger partial charge in [0, 0.05) is 21.2 Å². The Morgan fingerprint density at radius 1 is 1.06 bits per heavy atom. The van der Waals surface area contributed by atoms with Crippen LogP contribution in [0.2, 0.25) is 10.0 Å². The van der Waals surface area contributed by atoms with Gasteiger partial charge in [-0.1, -0.05) is 71.4 Å². The van der Waals surface area contributed by atoms with Crippen molar-refractivity contribution in [2.45, 2.75) is 6.61 Å². The molecule has 1 saturated heterocycles. The second kappa shape index (κ2) is 10.4. The zero-order chi connectivity index (χ0) is 23.4. The maximum Gasteiger partial charge on any atom is 0.285 e. The number of thiocarbonyl (C=S) groups is 1. The summed E-state index contributed by atoms with van der Waals surface area (Å²) in [5.74, 6) is -0.136. The van der Waals surface area contributed by atoms with Gasteiger partial charge in [-0.25, -0.2) is 0 Å². The summed E-state index contributed by atoms with van der Waals surface area (Å²) in [6.07, 6.45) is 1.72. The Morgan fingerprint density at radius 3 is 2.48 bits per heavy atom. The number of carbonyl (C=O) groups excluding carboxylic acids is 2. The zero-order valence-electron chi connectivity index (χ0n) is 17.0. The number of nitrogens with one attached hydrogen (secondary N) is 1. The van der Waals surface area contributed by atoms with Gasteiger partial charge >= 0.3 is 0 Å².